The number of halogens is 1. The van der Waals surface area contributed by atoms with Crippen LogP contribution in [0.5, 0.6) is 0 Å². The molecule has 3 fully saturated rings. The molecule has 0 saturated heterocycles. The number of hydrogen-bond acceptors (Lipinski definition) is 1. The second-order valence-corrected chi connectivity index (χ2v) is 8.62. The number of rotatable bonds is 2. The van der Waals surface area contributed by atoms with Crippen LogP contribution in [0.15, 0.2) is 18.2 Å². The molecule has 3 aliphatic carbocycles. The van der Waals surface area contributed by atoms with Crippen LogP contribution in [0.4, 0.5) is 5.69 Å². The maximum absolute atomic E-state index is 13.0. The SMILES string of the molecule is Cc1cc(C)cc(NC(=O)C23CCC(C)(C2Br)C3(C)C)c1. The molecule has 0 radical (unpaired) electrons. The summed E-state index contributed by atoms with van der Waals surface area (Å²) in [4.78, 5) is 13.3. The van der Waals surface area contributed by atoms with Crippen molar-refractivity contribution >= 4 is 27.5 Å². The van der Waals surface area contributed by atoms with Crippen molar-refractivity contribution in [1.82, 2.24) is 0 Å². The molecular weight excluding hydrogens is 326 g/mol. The van der Waals surface area contributed by atoms with E-state index in [1.54, 1.807) is 0 Å². The highest BCUT2D eigenvalue weighted by molar-refractivity contribution is 9.09. The normalized spacial score (nSPS) is 36.2. The molecule has 114 valence electrons. The van der Waals surface area contributed by atoms with Gasteiger partial charge in [0.05, 0.1) is 5.41 Å². The monoisotopic (exact) mass is 349 g/mol. The third kappa shape index (κ3) is 1.67. The summed E-state index contributed by atoms with van der Waals surface area (Å²) >= 11 is 3.82. The van der Waals surface area contributed by atoms with Gasteiger partial charge in [0.2, 0.25) is 5.91 Å². The van der Waals surface area contributed by atoms with Crippen molar-refractivity contribution in [1.29, 1.82) is 0 Å². The van der Waals surface area contributed by atoms with E-state index in [9.17, 15) is 4.79 Å². The summed E-state index contributed by atoms with van der Waals surface area (Å²) in [5.74, 6) is 0.175. The van der Waals surface area contributed by atoms with Crippen LogP contribution in [-0.4, -0.2) is 10.7 Å². The molecule has 3 unspecified atom stereocenters. The fourth-order valence-electron chi connectivity index (χ4n) is 4.75. The second kappa shape index (κ2) is 4.34. The summed E-state index contributed by atoms with van der Waals surface area (Å²) in [6.07, 6.45) is 2.10. The zero-order chi connectivity index (χ0) is 15.6. The van der Waals surface area contributed by atoms with Gasteiger partial charge in [0.15, 0.2) is 0 Å². The summed E-state index contributed by atoms with van der Waals surface area (Å²) in [7, 11) is 0. The van der Waals surface area contributed by atoms with Gasteiger partial charge in [-0.25, -0.2) is 0 Å². The molecular formula is C18H24BrNO. The van der Waals surface area contributed by atoms with Gasteiger partial charge in [-0.2, -0.15) is 0 Å². The average Bonchev–Trinajstić information content (AvgIpc) is 2.76. The number of anilines is 1. The van der Waals surface area contributed by atoms with Crippen LogP contribution in [0.3, 0.4) is 0 Å². The Morgan fingerprint density at radius 2 is 1.71 bits per heavy atom. The first-order valence-corrected chi connectivity index (χ1v) is 8.60. The Morgan fingerprint density at radius 3 is 2.14 bits per heavy atom. The lowest BCUT2D eigenvalue weighted by atomic mass is 9.43. The van der Waals surface area contributed by atoms with Gasteiger partial charge in [0.25, 0.3) is 0 Å². The van der Waals surface area contributed by atoms with Gasteiger partial charge in [-0.3, -0.25) is 4.79 Å². The number of benzene rings is 1. The van der Waals surface area contributed by atoms with Crippen molar-refractivity contribution in [3.63, 3.8) is 0 Å². The first-order chi connectivity index (χ1) is 9.65. The van der Waals surface area contributed by atoms with Crippen LogP contribution < -0.4 is 5.32 Å². The molecule has 0 spiro atoms. The quantitative estimate of drug-likeness (QED) is 0.761. The Labute approximate surface area is 135 Å². The van der Waals surface area contributed by atoms with E-state index < -0.39 is 0 Å². The molecule has 21 heavy (non-hydrogen) atoms. The fraction of sp³-hybridized carbons (Fsp3) is 0.611. The summed E-state index contributed by atoms with van der Waals surface area (Å²) in [5, 5.41) is 3.18. The Balaban J connectivity index is 1.90. The van der Waals surface area contributed by atoms with Gasteiger partial charge in [0, 0.05) is 10.5 Å². The summed E-state index contributed by atoms with van der Waals surface area (Å²) in [6.45, 7) is 10.9. The van der Waals surface area contributed by atoms with Crippen LogP contribution in [0, 0.1) is 30.1 Å². The molecule has 0 heterocycles. The number of carbonyl (C=O) groups is 1. The zero-order valence-corrected chi connectivity index (χ0v) is 15.1. The van der Waals surface area contributed by atoms with E-state index in [0.717, 1.165) is 18.5 Å². The lowest BCUT2D eigenvalue weighted by Gasteiger charge is -2.64. The van der Waals surface area contributed by atoms with Crippen molar-refractivity contribution in [2.24, 2.45) is 16.2 Å². The van der Waals surface area contributed by atoms with Crippen molar-refractivity contribution < 1.29 is 4.79 Å². The molecule has 0 aromatic heterocycles. The number of aryl methyl sites for hydroxylation is 2. The molecule has 1 N–H and O–H groups in total. The first kappa shape index (κ1) is 15.1. The Kier molecular flexibility index (Phi) is 3.12. The molecule has 1 aromatic rings. The van der Waals surface area contributed by atoms with Gasteiger partial charge in [0.1, 0.15) is 0 Å². The molecule has 4 rings (SSSR count). The van der Waals surface area contributed by atoms with Crippen molar-refractivity contribution in [3.05, 3.63) is 29.3 Å². The molecule has 3 aliphatic rings. The van der Waals surface area contributed by atoms with E-state index >= 15 is 0 Å². The van der Waals surface area contributed by atoms with Gasteiger partial charge in [-0.15, -0.1) is 0 Å². The molecule has 2 bridgehead atoms. The van der Waals surface area contributed by atoms with Crippen LogP contribution >= 0.6 is 15.9 Å². The van der Waals surface area contributed by atoms with Crippen molar-refractivity contribution in [2.45, 2.75) is 52.3 Å². The van der Waals surface area contributed by atoms with E-state index in [0.29, 0.717) is 0 Å². The highest BCUT2D eigenvalue weighted by Crippen LogP contribution is 2.79. The Morgan fingerprint density at radius 1 is 1.14 bits per heavy atom. The number of fused-ring (bicyclic) bond motifs is 1. The molecule has 0 aliphatic heterocycles. The molecule has 3 atom stereocenters. The number of nitrogens with one attached hydrogen (secondary N) is 1. The number of hydrogen-bond donors (Lipinski definition) is 1. The molecule has 1 aromatic carbocycles. The highest BCUT2D eigenvalue weighted by Gasteiger charge is 2.80. The van der Waals surface area contributed by atoms with Crippen molar-refractivity contribution in [3.8, 4) is 0 Å². The summed E-state index contributed by atoms with van der Waals surface area (Å²) < 4.78 is 0. The van der Waals surface area contributed by atoms with Gasteiger partial charge in [-0.05, 0) is 60.8 Å². The predicted octanol–water partition coefficient (Wildman–Crippen LogP) is 4.83. The standard InChI is InChI=1S/C18H24BrNO/c1-11-8-12(2)10-13(9-11)20-15(21)18-7-6-17(5,14(18)19)16(18,3)4/h8-10,14H,6-7H2,1-5H3,(H,20,21). The maximum Gasteiger partial charge on any atom is 0.232 e. The topological polar surface area (TPSA) is 29.1 Å². The van der Waals surface area contributed by atoms with Crippen LogP contribution in [0.25, 0.3) is 0 Å². The summed E-state index contributed by atoms with van der Waals surface area (Å²) in [6, 6.07) is 6.22. The van der Waals surface area contributed by atoms with E-state index in [4.69, 9.17) is 0 Å². The smallest absolute Gasteiger partial charge is 0.232 e. The third-order valence-corrected chi connectivity index (χ3v) is 8.25. The van der Waals surface area contributed by atoms with E-state index in [2.05, 4.69) is 61.9 Å². The average molecular weight is 350 g/mol. The fourth-order valence-corrected chi connectivity index (χ4v) is 6.56. The van der Waals surface area contributed by atoms with Gasteiger partial charge in [-0.1, -0.05) is 42.8 Å². The van der Waals surface area contributed by atoms with E-state index in [1.807, 2.05) is 12.1 Å². The van der Waals surface area contributed by atoms with Crippen LogP contribution in [0.1, 0.15) is 44.7 Å². The Bertz CT molecular complexity index is 603. The first-order valence-electron chi connectivity index (χ1n) is 7.69. The molecule has 3 heteroatoms. The molecule has 1 amide bonds. The minimum absolute atomic E-state index is 0.0388. The minimum Gasteiger partial charge on any atom is -0.326 e. The highest BCUT2D eigenvalue weighted by atomic mass is 79.9. The molecule has 2 nitrogen and oxygen atoms in total. The lowest BCUT2D eigenvalue weighted by Crippen LogP contribution is -2.68. The second-order valence-electron chi connectivity index (χ2n) is 7.71. The van der Waals surface area contributed by atoms with Crippen LogP contribution in [0.2, 0.25) is 0 Å². The predicted molar refractivity (Wildman–Crippen MR) is 90.8 cm³/mol. The Hall–Kier alpha value is -0.830. The van der Waals surface area contributed by atoms with Crippen molar-refractivity contribution in [2.75, 3.05) is 5.32 Å². The lowest BCUT2D eigenvalue weighted by molar-refractivity contribution is -0.155. The number of carbonyl (C=O) groups excluding carboxylic acids is 1. The maximum atomic E-state index is 13.0. The van der Waals surface area contributed by atoms with Gasteiger partial charge >= 0.3 is 0 Å². The number of alkyl halides is 1. The third-order valence-electron chi connectivity index (χ3n) is 6.46. The van der Waals surface area contributed by atoms with E-state index in [1.165, 1.54) is 11.1 Å². The van der Waals surface area contributed by atoms with Gasteiger partial charge < -0.3 is 5.32 Å². The zero-order valence-electron chi connectivity index (χ0n) is 13.5. The molecule has 3 saturated carbocycles. The van der Waals surface area contributed by atoms with E-state index in [-0.39, 0.29) is 27.0 Å². The minimum atomic E-state index is -0.278. The largest absolute Gasteiger partial charge is 0.326 e. The number of amides is 1. The summed E-state index contributed by atoms with van der Waals surface area (Å²) in [5.41, 5.74) is 3.27. The van der Waals surface area contributed by atoms with Crippen LogP contribution in [-0.2, 0) is 4.79 Å².